The molecule has 2 N–H and O–H groups in total. The predicted octanol–water partition coefficient (Wildman–Crippen LogP) is 6.70. The number of Topliss-reactive ketones (excluding diaryl/α,β-unsaturated/α-hetero) is 1. The summed E-state index contributed by atoms with van der Waals surface area (Å²) < 4.78 is 2.06. The molecule has 1 aliphatic carbocycles. The van der Waals surface area contributed by atoms with E-state index in [0.717, 1.165) is 48.7 Å². The van der Waals surface area contributed by atoms with Gasteiger partial charge in [-0.25, -0.2) is 0 Å². The van der Waals surface area contributed by atoms with Gasteiger partial charge in [0.25, 0.3) is 5.91 Å². The number of hydrogen-bond donors (Lipinski definition) is 2. The van der Waals surface area contributed by atoms with Crippen LogP contribution in [0, 0.1) is 0 Å². The Labute approximate surface area is 246 Å². The van der Waals surface area contributed by atoms with Crippen molar-refractivity contribution >= 4 is 34.2 Å². The van der Waals surface area contributed by atoms with Crippen molar-refractivity contribution in [2.45, 2.75) is 71.4 Å². The van der Waals surface area contributed by atoms with Crippen LogP contribution in [-0.4, -0.2) is 28.2 Å². The van der Waals surface area contributed by atoms with Crippen molar-refractivity contribution in [1.29, 1.82) is 0 Å². The van der Waals surface area contributed by atoms with E-state index in [-0.39, 0.29) is 28.7 Å². The molecule has 5 rings (SSSR count). The fraction of sp³-hybridized carbons (Fsp3) is 0.314. The molecule has 0 spiro atoms. The van der Waals surface area contributed by atoms with E-state index < -0.39 is 11.9 Å². The summed E-state index contributed by atoms with van der Waals surface area (Å²) in [5.41, 5.74) is 4.79. The SMILES string of the molecule is CCc1ccc(-c2ccc(C(=O)N[C@@H](C)C(=O)Nc3ccc4c(c3)c(=O)c(C(C)=O)cn4C3CCCCC3)cc2)cc1. The molecule has 7 heteroatoms. The van der Waals surface area contributed by atoms with Gasteiger partial charge in [-0.2, -0.15) is 0 Å². The minimum absolute atomic E-state index is 0.154. The van der Waals surface area contributed by atoms with Gasteiger partial charge < -0.3 is 15.2 Å². The van der Waals surface area contributed by atoms with Crippen LogP contribution in [0.15, 0.2) is 77.7 Å². The Morgan fingerprint density at radius 2 is 1.55 bits per heavy atom. The van der Waals surface area contributed by atoms with Crippen LogP contribution >= 0.6 is 0 Å². The summed E-state index contributed by atoms with van der Waals surface area (Å²) in [6.45, 7) is 5.13. The monoisotopic (exact) mass is 563 g/mol. The summed E-state index contributed by atoms with van der Waals surface area (Å²) >= 11 is 0. The van der Waals surface area contributed by atoms with Crippen LogP contribution in [-0.2, 0) is 11.2 Å². The molecule has 0 radical (unpaired) electrons. The normalized spacial score (nSPS) is 14.4. The number of anilines is 1. The smallest absolute Gasteiger partial charge is 0.251 e. The standard InChI is InChI=1S/C35H37N3O4/c1-4-24-10-12-25(13-11-24)26-14-16-27(17-15-26)35(42)36-22(2)34(41)37-28-18-19-32-30(20-28)33(40)31(23(3)39)21-38(32)29-8-6-5-7-9-29/h10-22,29H,4-9H2,1-3H3,(H,36,42)(H,37,41)/t22-/m0/s1. The predicted molar refractivity (Wildman–Crippen MR) is 167 cm³/mol. The number of benzene rings is 3. The maximum absolute atomic E-state index is 13.2. The summed E-state index contributed by atoms with van der Waals surface area (Å²) in [5, 5.41) is 5.97. The number of nitrogens with zero attached hydrogens (tertiary/aromatic N) is 1. The van der Waals surface area contributed by atoms with Crippen molar-refractivity contribution in [2.75, 3.05) is 5.32 Å². The van der Waals surface area contributed by atoms with Crippen LogP contribution in [0.1, 0.15) is 85.2 Å². The molecule has 0 aliphatic heterocycles. The highest BCUT2D eigenvalue weighted by Crippen LogP contribution is 2.31. The van der Waals surface area contributed by atoms with Gasteiger partial charge >= 0.3 is 0 Å². The fourth-order valence-electron chi connectivity index (χ4n) is 5.69. The van der Waals surface area contributed by atoms with E-state index >= 15 is 0 Å². The molecule has 42 heavy (non-hydrogen) atoms. The summed E-state index contributed by atoms with van der Waals surface area (Å²) in [5.74, 6) is -1.05. The van der Waals surface area contributed by atoms with Crippen molar-refractivity contribution in [3.63, 3.8) is 0 Å². The summed E-state index contributed by atoms with van der Waals surface area (Å²) in [6.07, 6.45) is 8.10. The van der Waals surface area contributed by atoms with E-state index in [4.69, 9.17) is 0 Å². The summed E-state index contributed by atoms with van der Waals surface area (Å²) in [7, 11) is 0. The van der Waals surface area contributed by atoms with Crippen molar-refractivity contribution in [3.05, 3.63) is 99.8 Å². The Balaban J connectivity index is 1.30. The number of fused-ring (bicyclic) bond motifs is 1. The van der Waals surface area contributed by atoms with E-state index in [1.807, 2.05) is 18.2 Å². The molecule has 0 unspecified atom stereocenters. The van der Waals surface area contributed by atoms with E-state index in [1.54, 1.807) is 37.4 Å². The molecular weight excluding hydrogens is 526 g/mol. The molecule has 1 heterocycles. The largest absolute Gasteiger partial charge is 0.343 e. The number of carbonyl (C=O) groups is 3. The average molecular weight is 564 g/mol. The van der Waals surface area contributed by atoms with Crippen molar-refractivity contribution in [3.8, 4) is 11.1 Å². The number of hydrogen-bond acceptors (Lipinski definition) is 4. The van der Waals surface area contributed by atoms with Crippen LogP contribution in [0.25, 0.3) is 22.0 Å². The van der Waals surface area contributed by atoms with Gasteiger partial charge in [-0.15, -0.1) is 0 Å². The number of nitrogens with one attached hydrogen (secondary N) is 2. The highest BCUT2D eigenvalue weighted by atomic mass is 16.2. The highest BCUT2D eigenvalue weighted by Gasteiger charge is 2.21. The lowest BCUT2D eigenvalue weighted by molar-refractivity contribution is -0.117. The van der Waals surface area contributed by atoms with Crippen LogP contribution in [0.3, 0.4) is 0 Å². The lowest BCUT2D eigenvalue weighted by atomic mass is 9.94. The quantitative estimate of drug-likeness (QED) is 0.233. The minimum Gasteiger partial charge on any atom is -0.343 e. The molecule has 1 aliphatic rings. The van der Waals surface area contributed by atoms with Gasteiger partial charge in [0, 0.05) is 28.9 Å². The number of aryl methyl sites for hydroxylation is 1. The van der Waals surface area contributed by atoms with Crippen molar-refractivity contribution in [1.82, 2.24) is 9.88 Å². The molecule has 0 saturated heterocycles. The Kier molecular flexibility index (Phi) is 8.67. The molecule has 216 valence electrons. The Morgan fingerprint density at radius 3 is 2.17 bits per heavy atom. The third-order valence-electron chi connectivity index (χ3n) is 8.23. The molecule has 1 aromatic heterocycles. The Bertz CT molecular complexity index is 1680. The number of amides is 2. The molecule has 1 saturated carbocycles. The molecule has 4 aromatic rings. The molecule has 3 aromatic carbocycles. The molecule has 1 atom stereocenters. The average Bonchev–Trinajstić information content (AvgIpc) is 3.01. The maximum Gasteiger partial charge on any atom is 0.251 e. The van der Waals surface area contributed by atoms with Gasteiger partial charge in [0.15, 0.2) is 11.2 Å². The zero-order chi connectivity index (χ0) is 29.8. The molecule has 1 fully saturated rings. The minimum atomic E-state index is -0.822. The Hall–Kier alpha value is -4.52. The van der Waals surface area contributed by atoms with Crippen LogP contribution in [0.4, 0.5) is 5.69 Å². The Morgan fingerprint density at radius 1 is 0.905 bits per heavy atom. The zero-order valence-electron chi connectivity index (χ0n) is 24.4. The lowest BCUT2D eigenvalue weighted by Gasteiger charge is -2.27. The van der Waals surface area contributed by atoms with E-state index in [0.29, 0.717) is 16.6 Å². The first-order valence-corrected chi connectivity index (χ1v) is 14.8. The van der Waals surface area contributed by atoms with Gasteiger partial charge in [-0.1, -0.05) is 62.6 Å². The van der Waals surface area contributed by atoms with Crippen LogP contribution < -0.4 is 16.1 Å². The number of aromatic nitrogens is 1. The van der Waals surface area contributed by atoms with E-state index in [9.17, 15) is 19.2 Å². The molecule has 0 bridgehead atoms. The van der Waals surface area contributed by atoms with Gasteiger partial charge in [0.05, 0.1) is 11.1 Å². The van der Waals surface area contributed by atoms with Gasteiger partial charge in [0.2, 0.25) is 5.91 Å². The first-order chi connectivity index (χ1) is 20.2. The summed E-state index contributed by atoms with van der Waals surface area (Å²) in [6, 6.07) is 20.2. The third kappa shape index (κ3) is 6.20. The molecule has 7 nitrogen and oxygen atoms in total. The number of carbonyl (C=O) groups excluding carboxylic acids is 3. The van der Waals surface area contributed by atoms with Gasteiger partial charge in [-0.3, -0.25) is 19.2 Å². The number of ketones is 1. The topological polar surface area (TPSA) is 97.3 Å². The highest BCUT2D eigenvalue weighted by molar-refractivity contribution is 6.02. The second kappa shape index (κ2) is 12.6. The van der Waals surface area contributed by atoms with E-state index in [1.165, 1.54) is 18.9 Å². The molecular formula is C35H37N3O4. The van der Waals surface area contributed by atoms with Crippen LogP contribution in [0.2, 0.25) is 0 Å². The van der Waals surface area contributed by atoms with Crippen molar-refractivity contribution < 1.29 is 14.4 Å². The summed E-state index contributed by atoms with van der Waals surface area (Å²) in [4.78, 5) is 51.4. The first kappa shape index (κ1) is 29.0. The zero-order valence-corrected chi connectivity index (χ0v) is 24.4. The lowest BCUT2D eigenvalue weighted by Crippen LogP contribution is -2.41. The number of rotatable bonds is 8. The fourth-order valence-corrected chi connectivity index (χ4v) is 5.69. The third-order valence-corrected chi connectivity index (χ3v) is 8.23. The van der Waals surface area contributed by atoms with Crippen molar-refractivity contribution in [2.24, 2.45) is 0 Å². The van der Waals surface area contributed by atoms with Gasteiger partial charge in [-0.05, 0) is 80.1 Å². The second-order valence-electron chi connectivity index (χ2n) is 11.2. The van der Waals surface area contributed by atoms with E-state index in [2.05, 4.69) is 46.4 Å². The second-order valence-corrected chi connectivity index (χ2v) is 11.2. The maximum atomic E-state index is 13.2. The van der Waals surface area contributed by atoms with Gasteiger partial charge in [0.1, 0.15) is 6.04 Å². The first-order valence-electron chi connectivity index (χ1n) is 14.8. The van der Waals surface area contributed by atoms with Crippen LogP contribution in [0.5, 0.6) is 0 Å². The molecule has 2 amide bonds. The number of pyridine rings is 1.